The van der Waals surface area contributed by atoms with Crippen LogP contribution in [0.4, 0.5) is 0 Å². The van der Waals surface area contributed by atoms with Crippen LogP contribution >= 0.6 is 15.9 Å². The maximum Gasteiger partial charge on any atom is 0.176 e. The van der Waals surface area contributed by atoms with Crippen molar-refractivity contribution in [3.8, 4) is 0 Å². The molecule has 5 heteroatoms. The van der Waals surface area contributed by atoms with Crippen LogP contribution < -0.4 is 0 Å². The van der Waals surface area contributed by atoms with E-state index in [1.165, 1.54) is 6.20 Å². The van der Waals surface area contributed by atoms with E-state index in [9.17, 15) is 4.79 Å². The number of aromatic nitrogens is 2. The fraction of sp³-hybridized carbons (Fsp3) is 0.500. The summed E-state index contributed by atoms with van der Waals surface area (Å²) >= 11 is 3.11. The number of rotatable bonds is 4. The lowest BCUT2D eigenvalue weighted by Gasteiger charge is -2.07. The van der Waals surface area contributed by atoms with Gasteiger partial charge in [-0.25, -0.2) is 0 Å². The summed E-state index contributed by atoms with van der Waals surface area (Å²) in [5.41, 5.74) is 1.32. The normalized spacial score (nSPS) is 12.8. The molecule has 0 saturated carbocycles. The van der Waals surface area contributed by atoms with Gasteiger partial charge in [-0.3, -0.25) is 9.89 Å². The second kappa shape index (κ2) is 4.53. The molecule has 0 aliphatic rings. The van der Waals surface area contributed by atoms with E-state index < -0.39 is 0 Å². The maximum absolute atomic E-state index is 11.4. The number of nitrogens with zero attached hydrogens (tertiary/aromatic N) is 1. The number of ether oxygens (including phenoxy) is 1. The summed E-state index contributed by atoms with van der Waals surface area (Å²) < 4.78 is 5.09. The Bertz CT molecular complexity index is 298. The van der Waals surface area contributed by atoms with Crippen LogP contribution in [-0.4, -0.2) is 28.4 Å². The first-order valence-electron chi connectivity index (χ1n) is 3.86. The third kappa shape index (κ3) is 2.16. The van der Waals surface area contributed by atoms with Gasteiger partial charge in [0, 0.05) is 7.11 Å². The molecule has 4 nitrogen and oxygen atoms in total. The van der Waals surface area contributed by atoms with E-state index in [-0.39, 0.29) is 11.9 Å². The van der Waals surface area contributed by atoms with Gasteiger partial charge in [-0.05, 0) is 6.92 Å². The molecule has 72 valence electrons. The lowest BCUT2D eigenvalue weighted by molar-refractivity contribution is 0.0990. The molecule has 0 radical (unpaired) electrons. The highest BCUT2D eigenvalue weighted by molar-refractivity contribution is 9.09. The molecule has 0 amide bonds. The first-order valence-corrected chi connectivity index (χ1v) is 4.98. The van der Waals surface area contributed by atoms with Gasteiger partial charge in [-0.1, -0.05) is 15.9 Å². The van der Waals surface area contributed by atoms with Crippen LogP contribution in [0.1, 0.15) is 29.1 Å². The van der Waals surface area contributed by atoms with Gasteiger partial charge in [0.2, 0.25) is 0 Å². The van der Waals surface area contributed by atoms with Gasteiger partial charge < -0.3 is 4.74 Å². The van der Waals surface area contributed by atoms with Gasteiger partial charge in [0.25, 0.3) is 0 Å². The van der Waals surface area contributed by atoms with Gasteiger partial charge in [-0.15, -0.1) is 0 Å². The van der Waals surface area contributed by atoms with E-state index in [0.29, 0.717) is 10.9 Å². The number of methoxy groups -OCH3 is 1. The molecule has 13 heavy (non-hydrogen) atoms. The number of H-pyrrole nitrogens is 1. The molecule has 0 saturated heterocycles. The summed E-state index contributed by atoms with van der Waals surface area (Å²) in [7, 11) is 1.59. The minimum Gasteiger partial charge on any atom is -0.375 e. The third-order valence-electron chi connectivity index (χ3n) is 1.85. The number of nitrogens with one attached hydrogen (secondary N) is 1. The van der Waals surface area contributed by atoms with Crippen molar-refractivity contribution >= 4 is 21.7 Å². The molecule has 0 aromatic carbocycles. The average molecular weight is 247 g/mol. The second-order valence-electron chi connectivity index (χ2n) is 2.63. The van der Waals surface area contributed by atoms with Crippen molar-refractivity contribution in [2.45, 2.75) is 13.0 Å². The van der Waals surface area contributed by atoms with E-state index in [1.54, 1.807) is 7.11 Å². The van der Waals surface area contributed by atoms with Gasteiger partial charge >= 0.3 is 0 Å². The van der Waals surface area contributed by atoms with Crippen LogP contribution in [-0.2, 0) is 4.74 Å². The Labute approximate surface area is 84.8 Å². The van der Waals surface area contributed by atoms with Crippen LogP contribution in [0.15, 0.2) is 6.20 Å². The minimum absolute atomic E-state index is 0.00708. The first kappa shape index (κ1) is 10.4. The summed E-state index contributed by atoms with van der Waals surface area (Å²) in [5.74, 6) is 0.00708. The van der Waals surface area contributed by atoms with E-state index in [1.807, 2.05) is 6.92 Å². The Morgan fingerprint density at radius 2 is 2.54 bits per heavy atom. The molecule has 1 unspecified atom stereocenters. The summed E-state index contributed by atoms with van der Waals surface area (Å²) in [6.45, 7) is 1.86. The number of carbonyl (C=O) groups excluding carboxylic acids is 1. The lowest BCUT2D eigenvalue weighted by atomic mass is 10.1. The summed E-state index contributed by atoms with van der Waals surface area (Å²) in [4.78, 5) is 11.4. The molecule has 1 rings (SSSR count). The van der Waals surface area contributed by atoms with Crippen LogP contribution in [0.25, 0.3) is 0 Å². The molecular weight excluding hydrogens is 236 g/mol. The third-order valence-corrected chi connectivity index (χ3v) is 2.36. The number of hydrogen-bond acceptors (Lipinski definition) is 3. The molecule has 1 atom stereocenters. The summed E-state index contributed by atoms with van der Waals surface area (Å²) in [6, 6.07) is 0. The Hall–Kier alpha value is -0.680. The van der Waals surface area contributed by atoms with E-state index in [2.05, 4.69) is 26.1 Å². The minimum atomic E-state index is -0.138. The molecule has 0 fully saturated rings. The van der Waals surface area contributed by atoms with Crippen molar-refractivity contribution in [2.24, 2.45) is 0 Å². The molecule has 1 heterocycles. The lowest BCUT2D eigenvalue weighted by Crippen LogP contribution is -2.06. The molecular formula is C8H11BrN2O2. The predicted molar refractivity (Wildman–Crippen MR) is 52.1 cm³/mol. The number of halogens is 1. The molecule has 1 N–H and O–H groups in total. The fourth-order valence-corrected chi connectivity index (χ4v) is 1.32. The molecule has 0 spiro atoms. The molecule has 0 aliphatic carbocycles. The van der Waals surface area contributed by atoms with Crippen LogP contribution in [0, 0.1) is 0 Å². The van der Waals surface area contributed by atoms with Crippen LogP contribution in [0.5, 0.6) is 0 Å². The van der Waals surface area contributed by atoms with Crippen molar-refractivity contribution < 1.29 is 9.53 Å². The molecule has 0 bridgehead atoms. The number of carbonyl (C=O) groups is 1. The van der Waals surface area contributed by atoms with Crippen LogP contribution in [0.3, 0.4) is 0 Å². The average Bonchev–Trinajstić information content (AvgIpc) is 2.63. The zero-order valence-corrected chi connectivity index (χ0v) is 9.09. The number of Topliss-reactive ketones (excluding diaryl/α,β-unsaturated/α-hetero) is 1. The predicted octanol–water partition coefficient (Wildman–Crippen LogP) is 1.69. The van der Waals surface area contributed by atoms with Crippen molar-refractivity contribution in [1.82, 2.24) is 10.2 Å². The van der Waals surface area contributed by atoms with Crippen molar-refractivity contribution in [3.63, 3.8) is 0 Å². The number of hydrogen-bond donors (Lipinski definition) is 1. The molecule has 1 aromatic rings. The number of aromatic amines is 1. The zero-order valence-electron chi connectivity index (χ0n) is 7.50. The van der Waals surface area contributed by atoms with Crippen molar-refractivity contribution in [1.29, 1.82) is 0 Å². The highest BCUT2D eigenvalue weighted by Gasteiger charge is 2.16. The zero-order chi connectivity index (χ0) is 9.84. The van der Waals surface area contributed by atoms with Gasteiger partial charge in [0.1, 0.15) is 0 Å². The molecule has 1 aromatic heterocycles. The first-order chi connectivity index (χ1) is 6.20. The van der Waals surface area contributed by atoms with Gasteiger partial charge in [0.05, 0.1) is 28.9 Å². The Morgan fingerprint density at radius 3 is 3.08 bits per heavy atom. The summed E-state index contributed by atoms with van der Waals surface area (Å²) in [6.07, 6.45) is 1.38. The highest BCUT2D eigenvalue weighted by Crippen LogP contribution is 2.18. The summed E-state index contributed by atoms with van der Waals surface area (Å²) in [5, 5.41) is 6.87. The molecule has 0 aliphatic heterocycles. The van der Waals surface area contributed by atoms with Gasteiger partial charge in [-0.2, -0.15) is 5.10 Å². The SMILES string of the molecule is COC(C)c1[nH]ncc1C(=O)CBr. The quantitative estimate of drug-likeness (QED) is 0.650. The topological polar surface area (TPSA) is 55.0 Å². The fourth-order valence-electron chi connectivity index (χ4n) is 1.02. The number of ketones is 1. The second-order valence-corrected chi connectivity index (χ2v) is 3.19. The van der Waals surface area contributed by atoms with Crippen molar-refractivity contribution in [3.05, 3.63) is 17.5 Å². The number of alkyl halides is 1. The Morgan fingerprint density at radius 1 is 1.85 bits per heavy atom. The smallest absolute Gasteiger partial charge is 0.176 e. The van der Waals surface area contributed by atoms with Gasteiger partial charge in [0.15, 0.2) is 5.78 Å². The van der Waals surface area contributed by atoms with Crippen molar-refractivity contribution in [2.75, 3.05) is 12.4 Å². The van der Waals surface area contributed by atoms with Crippen LogP contribution in [0.2, 0.25) is 0 Å². The van der Waals surface area contributed by atoms with E-state index in [4.69, 9.17) is 4.74 Å². The highest BCUT2D eigenvalue weighted by atomic mass is 79.9. The van der Waals surface area contributed by atoms with E-state index >= 15 is 0 Å². The monoisotopic (exact) mass is 246 g/mol. The Balaban J connectivity index is 2.95. The van der Waals surface area contributed by atoms with E-state index in [0.717, 1.165) is 5.69 Å². The largest absolute Gasteiger partial charge is 0.375 e. The maximum atomic E-state index is 11.4. The standard InChI is InChI=1S/C8H11BrN2O2/c1-5(13-2)8-6(4-10-11-8)7(12)3-9/h4-5H,3H2,1-2H3,(H,10,11). The Kier molecular flexibility index (Phi) is 3.62.